The number of nitrogen functional groups attached to an aromatic ring is 1. The lowest BCUT2D eigenvalue weighted by atomic mass is 10.1. The van der Waals surface area contributed by atoms with E-state index < -0.39 is 0 Å². The van der Waals surface area contributed by atoms with Crippen LogP contribution in [0.4, 0.5) is 5.00 Å². The fraction of sp³-hybridized carbons (Fsp3) is 0.267. The normalized spacial score (nSPS) is 11.0. The third kappa shape index (κ3) is 2.80. The number of nitrogens with two attached hydrogens (primary N) is 1. The molecule has 3 aromatic rings. The van der Waals surface area contributed by atoms with E-state index in [1.54, 1.807) is 0 Å². The molecule has 0 saturated carbocycles. The summed E-state index contributed by atoms with van der Waals surface area (Å²) in [5.41, 5.74) is 11.1. The first-order valence-corrected chi connectivity index (χ1v) is 7.42. The summed E-state index contributed by atoms with van der Waals surface area (Å²) in [4.78, 5) is 4.44. The Hall–Kier alpha value is -2.21. The second-order valence-corrected chi connectivity index (χ2v) is 6.00. The van der Waals surface area contributed by atoms with Gasteiger partial charge in [-0.3, -0.25) is 0 Å². The van der Waals surface area contributed by atoms with Gasteiger partial charge in [0.2, 0.25) is 0 Å². The van der Waals surface area contributed by atoms with Crippen LogP contribution in [0.1, 0.15) is 28.2 Å². The third-order valence-corrected chi connectivity index (χ3v) is 3.98. The zero-order chi connectivity index (χ0) is 15.0. The summed E-state index contributed by atoms with van der Waals surface area (Å²) in [6, 6.07) is 6.41. The molecule has 2 heterocycles. The van der Waals surface area contributed by atoms with Crippen molar-refractivity contribution in [3.05, 3.63) is 46.4 Å². The molecule has 0 fully saturated rings. The first-order chi connectivity index (χ1) is 10.0. The van der Waals surface area contributed by atoms with Gasteiger partial charge in [-0.15, -0.1) is 0 Å². The van der Waals surface area contributed by atoms with Crippen LogP contribution in [-0.2, 0) is 6.42 Å². The molecule has 0 saturated heterocycles. The van der Waals surface area contributed by atoms with E-state index >= 15 is 0 Å². The molecule has 0 atom stereocenters. The molecular formula is C15H16N4OS. The first-order valence-electron chi connectivity index (χ1n) is 6.65. The van der Waals surface area contributed by atoms with Crippen molar-refractivity contribution in [1.82, 2.24) is 14.5 Å². The highest BCUT2D eigenvalue weighted by Crippen LogP contribution is 2.31. The molecule has 6 heteroatoms. The Labute approximate surface area is 127 Å². The van der Waals surface area contributed by atoms with Crippen molar-refractivity contribution in [3.8, 4) is 11.5 Å². The van der Waals surface area contributed by atoms with Crippen LogP contribution in [0.5, 0.6) is 0 Å². The van der Waals surface area contributed by atoms with Gasteiger partial charge in [0.1, 0.15) is 5.00 Å². The monoisotopic (exact) mass is 300 g/mol. The van der Waals surface area contributed by atoms with E-state index in [1.807, 2.05) is 6.92 Å². The van der Waals surface area contributed by atoms with E-state index in [0.29, 0.717) is 23.1 Å². The molecule has 0 aliphatic rings. The molecule has 5 nitrogen and oxygen atoms in total. The Balaban J connectivity index is 1.89. The molecule has 0 bridgehead atoms. The quantitative estimate of drug-likeness (QED) is 0.803. The zero-order valence-electron chi connectivity index (χ0n) is 12.2. The lowest BCUT2D eigenvalue weighted by Crippen LogP contribution is -1.93. The van der Waals surface area contributed by atoms with Gasteiger partial charge >= 0.3 is 0 Å². The van der Waals surface area contributed by atoms with Crippen LogP contribution < -0.4 is 5.73 Å². The van der Waals surface area contributed by atoms with Gasteiger partial charge in [-0.1, -0.05) is 34.5 Å². The summed E-state index contributed by atoms with van der Waals surface area (Å²) in [6.07, 6.45) is 0.641. The Morgan fingerprint density at radius 1 is 1.14 bits per heavy atom. The molecule has 0 amide bonds. The SMILES string of the molecule is Cc1cc(C)cc(Cc2noc(-c3c(C)nsc3N)n2)c1. The molecule has 0 aliphatic carbocycles. The molecule has 0 aliphatic heterocycles. The lowest BCUT2D eigenvalue weighted by molar-refractivity contribution is 0.424. The van der Waals surface area contributed by atoms with Crippen LogP contribution in [0.3, 0.4) is 0 Å². The lowest BCUT2D eigenvalue weighted by Gasteiger charge is -2.01. The van der Waals surface area contributed by atoms with Crippen LogP contribution >= 0.6 is 11.5 Å². The number of benzene rings is 1. The van der Waals surface area contributed by atoms with Crippen LogP contribution in [0.25, 0.3) is 11.5 Å². The molecule has 108 valence electrons. The summed E-state index contributed by atoms with van der Waals surface area (Å²) in [5, 5.41) is 4.65. The number of hydrogen-bond donors (Lipinski definition) is 1. The van der Waals surface area contributed by atoms with E-state index in [1.165, 1.54) is 28.2 Å². The molecule has 0 spiro atoms. The number of anilines is 1. The maximum Gasteiger partial charge on any atom is 0.262 e. The van der Waals surface area contributed by atoms with Crippen LogP contribution in [0.15, 0.2) is 22.7 Å². The van der Waals surface area contributed by atoms with E-state index in [4.69, 9.17) is 10.3 Å². The predicted molar refractivity (Wildman–Crippen MR) is 83.3 cm³/mol. The topological polar surface area (TPSA) is 77.8 Å². The van der Waals surface area contributed by atoms with Gasteiger partial charge in [-0.2, -0.15) is 9.36 Å². The minimum absolute atomic E-state index is 0.443. The van der Waals surface area contributed by atoms with Gasteiger partial charge in [-0.25, -0.2) is 0 Å². The van der Waals surface area contributed by atoms with Gasteiger partial charge in [0.25, 0.3) is 5.89 Å². The summed E-state index contributed by atoms with van der Waals surface area (Å²) in [7, 11) is 0. The summed E-state index contributed by atoms with van der Waals surface area (Å²) in [6.45, 7) is 6.05. The number of hydrogen-bond acceptors (Lipinski definition) is 6. The van der Waals surface area contributed by atoms with E-state index in [9.17, 15) is 0 Å². The molecule has 0 radical (unpaired) electrons. The first kappa shape index (κ1) is 13.8. The van der Waals surface area contributed by atoms with Crippen LogP contribution in [-0.4, -0.2) is 14.5 Å². The molecule has 3 rings (SSSR count). The summed E-state index contributed by atoms with van der Waals surface area (Å²) in [5.74, 6) is 1.10. The third-order valence-electron chi connectivity index (χ3n) is 3.21. The summed E-state index contributed by atoms with van der Waals surface area (Å²) < 4.78 is 9.53. The van der Waals surface area contributed by atoms with Crippen molar-refractivity contribution in [3.63, 3.8) is 0 Å². The number of nitrogens with zero attached hydrogens (tertiary/aromatic N) is 3. The second-order valence-electron chi connectivity index (χ2n) is 5.20. The maximum absolute atomic E-state index is 5.90. The number of rotatable bonds is 3. The molecule has 2 aromatic heterocycles. The Morgan fingerprint density at radius 3 is 2.48 bits per heavy atom. The highest BCUT2D eigenvalue weighted by atomic mass is 32.1. The minimum atomic E-state index is 0.443. The van der Waals surface area contributed by atoms with Crippen molar-refractivity contribution < 1.29 is 4.52 Å². The second kappa shape index (κ2) is 5.29. The molecule has 21 heavy (non-hydrogen) atoms. The highest BCUT2D eigenvalue weighted by Gasteiger charge is 2.17. The molecular weight excluding hydrogens is 284 g/mol. The summed E-state index contributed by atoms with van der Waals surface area (Å²) >= 11 is 1.24. The van der Waals surface area contributed by atoms with Crippen molar-refractivity contribution >= 4 is 16.5 Å². The van der Waals surface area contributed by atoms with Gasteiger partial charge in [-0.05, 0) is 37.9 Å². The molecule has 0 unspecified atom stereocenters. The number of aromatic nitrogens is 3. The molecule has 1 aromatic carbocycles. The average molecular weight is 300 g/mol. The van der Waals surface area contributed by atoms with Crippen LogP contribution in [0.2, 0.25) is 0 Å². The largest absolute Gasteiger partial charge is 0.389 e. The van der Waals surface area contributed by atoms with Crippen molar-refractivity contribution in [2.24, 2.45) is 0 Å². The van der Waals surface area contributed by atoms with Crippen molar-refractivity contribution in [1.29, 1.82) is 0 Å². The maximum atomic E-state index is 5.90. The van der Waals surface area contributed by atoms with Gasteiger partial charge in [0.15, 0.2) is 5.82 Å². The van der Waals surface area contributed by atoms with E-state index in [0.717, 1.165) is 11.3 Å². The zero-order valence-corrected chi connectivity index (χ0v) is 13.0. The van der Waals surface area contributed by atoms with E-state index in [2.05, 4.69) is 46.6 Å². The average Bonchev–Trinajstić information content (AvgIpc) is 2.95. The molecule has 2 N–H and O–H groups in total. The highest BCUT2D eigenvalue weighted by molar-refractivity contribution is 7.10. The smallest absolute Gasteiger partial charge is 0.262 e. The van der Waals surface area contributed by atoms with Crippen molar-refractivity contribution in [2.75, 3.05) is 5.73 Å². The van der Waals surface area contributed by atoms with Gasteiger partial charge in [0, 0.05) is 6.42 Å². The minimum Gasteiger partial charge on any atom is -0.389 e. The fourth-order valence-electron chi connectivity index (χ4n) is 2.43. The van der Waals surface area contributed by atoms with E-state index in [-0.39, 0.29) is 0 Å². The van der Waals surface area contributed by atoms with Gasteiger partial charge < -0.3 is 10.3 Å². The fourth-order valence-corrected chi connectivity index (χ4v) is 3.08. The Kier molecular flexibility index (Phi) is 3.47. The number of aryl methyl sites for hydroxylation is 3. The van der Waals surface area contributed by atoms with Crippen LogP contribution in [0, 0.1) is 20.8 Å². The Morgan fingerprint density at radius 2 is 1.86 bits per heavy atom. The Bertz CT molecular complexity index is 751. The predicted octanol–water partition coefficient (Wildman–Crippen LogP) is 3.29. The van der Waals surface area contributed by atoms with Gasteiger partial charge in [0.05, 0.1) is 11.3 Å². The standard InChI is InChI=1S/C15H16N4OS/c1-8-4-9(2)6-11(5-8)7-12-17-15(20-18-12)13-10(3)19-21-14(13)16/h4-6H,7,16H2,1-3H3. The van der Waals surface area contributed by atoms with Crippen molar-refractivity contribution in [2.45, 2.75) is 27.2 Å².